The van der Waals surface area contributed by atoms with Gasteiger partial charge in [0, 0.05) is 6.26 Å². The fourth-order valence-corrected chi connectivity index (χ4v) is 2.20. The summed E-state index contributed by atoms with van der Waals surface area (Å²) < 4.78 is 65.2. The summed E-state index contributed by atoms with van der Waals surface area (Å²) in [5.41, 5.74) is -0.281. The van der Waals surface area contributed by atoms with E-state index in [1.54, 1.807) is 6.92 Å². The first-order valence-corrected chi connectivity index (χ1v) is 7.76. The van der Waals surface area contributed by atoms with E-state index in [2.05, 4.69) is 0 Å². The highest BCUT2D eigenvalue weighted by molar-refractivity contribution is 7.90. The monoisotopic (exact) mass is 295 g/mol. The quantitative estimate of drug-likeness (QED) is 0.594. The van der Waals surface area contributed by atoms with E-state index in [0.717, 1.165) is 12.3 Å². The lowest BCUT2D eigenvalue weighted by atomic mass is 9.78. The van der Waals surface area contributed by atoms with Crippen LogP contribution in [0.1, 0.15) is 12.0 Å². The van der Waals surface area contributed by atoms with Crippen LogP contribution in [0.2, 0.25) is 0 Å². The molecule has 3 nitrogen and oxygen atoms in total. The molecule has 0 fully saturated rings. The molecule has 0 radical (unpaired) electrons. The average Bonchev–Trinajstić information content (AvgIpc) is 2.23. The molecule has 19 heavy (non-hydrogen) atoms. The van der Waals surface area contributed by atoms with Crippen molar-refractivity contribution in [3.05, 3.63) is 23.8 Å². The molecule has 0 heterocycles. The standard InChI is InChI=1S/C11H15BF3O3S/c1-9-4-5-11(10(8-9)12(13,14)15)18-6-3-7-19(2,16)17/h4-5,8H,3,6-7H2,1-2H3/q-1. The number of sulfone groups is 1. The molecule has 0 aliphatic heterocycles. The molecule has 1 rings (SSSR count). The third kappa shape index (κ3) is 5.54. The van der Waals surface area contributed by atoms with Crippen LogP contribution in [-0.4, -0.2) is 34.0 Å². The SMILES string of the molecule is Cc1ccc(OCCCS(C)(=O)=O)c([B-](F)(F)F)c1. The van der Waals surface area contributed by atoms with Crippen LogP contribution in [0.3, 0.4) is 0 Å². The lowest BCUT2D eigenvalue weighted by molar-refractivity contribution is 0.318. The minimum atomic E-state index is -5.15. The van der Waals surface area contributed by atoms with Gasteiger partial charge in [-0.15, -0.1) is 0 Å². The second kappa shape index (κ2) is 5.86. The van der Waals surface area contributed by atoms with Crippen LogP contribution in [0.15, 0.2) is 18.2 Å². The topological polar surface area (TPSA) is 43.4 Å². The molecule has 0 aliphatic rings. The van der Waals surface area contributed by atoms with Crippen LogP contribution in [-0.2, 0) is 9.84 Å². The molecule has 0 N–H and O–H groups in total. The Kier molecular flexibility index (Phi) is 4.89. The van der Waals surface area contributed by atoms with Crippen LogP contribution in [0.25, 0.3) is 0 Å². The largest absolute Gasteiger partial charge is 0.513 e. The van der Waals surface area contributed by atoms with E-state index in [9.17, 15) is 21.4 Å². The lowest BCUT2D eigenvalue weighted by Gasteiger charge is -2.20. The zero-order valence-electron chi connectivity index (χ0n) is 10.7. The maximum Gasteiger partial charge on any atom is 0.513 e. The molecule has 0 atom stereocenters. The zero-order valence-corrected chi connectivity index (χ0v) is 11.5. The molecular weight excluding hydrogens is 280 g/mol. The van der Waals surface area contributed by atoms with Crippen molar-refractivity contribution in [2.45, 2.75) is 13.3 Å². The van der Waals surface area contributed by atoms with Crippen LogP contribution < -0.4 is 10.2 Å². The molecule has 0 spiro atoms. The summed E-state index contributed by atoms with van der Waals surface area (Å²) in [4.78, 5) is 0. The number of hydrogen-bond donors (Lipinski definition) is 0. The number of aryl methyl sites for hydroxylation is 1. The summed E-state index contributed by atoms with van der Waals surface area (Å²) >= 11 is 0. The maximum atomic E-state index is 12.8. The Balaban J connectivity index is 2.73. The number of halogens is 3. The molecule has 0 aliphatic carbocycles. The summed E-state index contributed by atoms with van der Waals surface area (Å²) in [5, 5.41) is 0. The van der Waals surface area contributed by atoms with E-state index in [-0.39, 0.29) is 24.5 Å². The molecule has 0 unspecified atom stereocenters. The molecule has 8 heteroatoms. The summed E-state index contributed by atoms with van der Waals surface area (Å²) in [7, 11) is -3.12. The van der Waals surface area contributed by atoms with Gasteiger partial charge < -0.3 is 17.7 Å². The first-order chi connectivity index (χ1) is 8.59. The van der Waals surface area contributed by atoms with E-state index >= 15 is 0 Å². The molecule has 108 valence electrons. The number of hydrogen-bond acceptors (Lipinski definition) is 3. The van der Waals surface area contributed by atoms with Crippen LogP contribution in [0, 0.1) is 6.92 Å². The smallest absolute Gasteiger partial charge is 0.497 e. The van der Waals surface area contributed by atoms with Crippen molar-refractivity contribution in [2.75, 3.05) is 18.6 Å². The third-order valence-electron chi connectivity index (χ3n) is 2.43. The normalized spacial score (nSPS) is 12.5. The van der Waals surface area contributed by atoms with Crippen molar-refractivity contribution in [3.63, 3.8) is 0 Å². The van der Waals surface area contributed by atoms with Crippen molar-refractivity contribution >= 4 is 22.3 Å². The minimum Gasteiger partial charge on any atom is -0.497 e. The summed E-state index contributed by atoms with van der Waals surface area (Å²) in [6.07, 6.45) is 1.24. The third-order valence-corrected chi connectivity index (χ3v) is 3.47. The molecular formula is C11H15BF3O3S-. The molecule has 1 aromatic rings. The second-order valence-electron chi connectivity index (χ2n) is 4.45. The molecule has 0 aromatic heterocycles. The van der Waals surface area contributed by atoms with Gasteiger partial charge in [-0.05, 0) is 19.4 Å². The number of ether oxygens (including phenoxy) is 1. The predicted molar refractivity (Wildman–Crippen MR) is 69.7 cm³/mol. The van der Waals surface area contributed by atoms with Crippen LogP contribution in [0.5, 0.6) is 5.75 Å². The van der Waals surface area contributed by atoms with Gasteiger partial charge in [0.25, 0.3) is 0 Å². The minimum absolute atomic E-state index is 0.0602. The Morgan fingerprint density at radius 3 is 2.42 bits per heavy atom. The number of rotatable bonds is 6. The highest BCUT2D eigenvalue weighted by Gasteiger charge is 2.29. The van der Waals surface area contributed by atoms with Crippen LogP contribution >= 0.6 is 0 Å². The van der Waals surface area contributed by atoms with Gasteiger partial charge in [-0.3, -0.25) is 0 Å². The summed E-state index contributed by atoms with van der Waals surface area (Å²) in [5.74, 6) is -0.350. The molecule has 0 bridgehead atoms. The van der Waals surface area contributed by atoms with Gasteiger partial charge in [-0.2, -0.15) is 0 Å². The maximum absolute atomic E-state index is 12.8. The van der Waals surface area contributed by atoms with E-state index in [0.29, 0.717) is 5.56 Å². The van der Waals surface area contributed by atoms with Gasteiger partial charge in [-0.25, -0.2) is 8.42 Å². The zero-order chi connectivity index (χ0) is 14.7. The van der Waals surface area contributed by atoms with Crippen molar-refractivity contribution in [3.8, 4) is 5.75 Å². The van der Waals surface area contributed by atoms with Crippen molar-refractivity contribution in [2.24, 2.45) is 0 Å². The molecule has 0 saturated heterocycles. The molecule has 0 amide bonds. The first-order valence-electron chi connectivity index (χ1n) is 5.70. The van der Waals surface area contributed by atoms with E-state index in [4.69, 9.17) is 4.74 Å². The highest BCUT2D eigenvalue weighted by Crippen LogP contribution is 2.19. The van der Waals surface area contributed by atoms with Gasteiger partial charge >= 0.3 is 6.98 Å². The Labute approximate surface area is 110 Å². The Morgan fingerprint density at radius 2 is 1.89 bits per heavy atom. The van der Waals surface area contributed by atoms with Gasteiger partial charge in [-0.1, -0.05) is 23.2 Å². The van der Waals surface area contributed by atoms with Gasteiger partial charge in [0.1, 0.15) is 9.84 Å². The molecule has 1 aromatic carbocycles. The van der Waals surface area contributed by atoms with E-state index in [1.807, 2.05) is 0 Å². The van der Waals surface area contributed by atoms with Crippen LogP contribution in [0.4, 0.5) is 12.9 Å². The fourth-order valence-electron chi connectivity index (χ4n) is 1.56. The van der Waals surface area contributed by atoms with Gasteiger partial charge in [0.05, 0.1) is 18.1 Å². The van der Waals surface area contributed by atoms with E-state index < -0.39 is 22.3 Å². The van der Waals surface area contributed by atoms with Gasteiger partial charge in [0.2, 0.25) is 0 Å². The first kappa shape index (κ1) is 15.9. The Morgan fingerprint density at radius 1 is 1.26 bits per heavy atom. The molecule has 0 saturated carbocycles. The van der Waals surface area contributed by atoms with Crippen molar-refractivity contribution < 1.29 is 26.1 Å². The highest BCUT2D eigenvalue weighted by atomic mass is 32.2. The van der Waals surface area contributed by atoms with Gasteiger partial charge in [0.15, 0.2) is 0 Å². The predicted octanol–water partition coefficient (Wildman–Crippen LogP) is 1.86. The number of benzene rings is 1. The van der Waals surface area contributed by atoms with Crippen molar-refractivity contribution in [1.29, 1.82) is 0 Å². The fraction of sp³-hybridized carbons (Fsp3) is 0.455. The average molecular weight is 295 g/mol. The van der Waals surface area contributed by atoms with Crippen molar-refractivity contribution in [1.82, 2.24) is 0 Å². The second-order valence-corrected chi connectivity index (χ2v) is 6.71. The summed E-state index contributed by atoms with van der Waals surface area (Å²) in [6, 6.07) is 3.82. The lowest BCUT2D eigenvalue weighted by Crippen LogP contribution is -2.35. The Hall–Kier alpha value is -1.18. The Bertz CT molecular complexity index is 541. The van der Waals surface area contributed by atoms with E-state index in [1.165, 1.54) is 12.1 Å². The summed E-state index contributed by atoms with van der Waals surface area (Å²) in [6.45, 7) is -3.64.